The van der Waals surface area contributed by atoms with Crippen molar-refractivity contribution >= 4 is 5.91 Å². The number of hydrogen-bond donors (Lipinski definition) is 0. The molecule has 2 aromatic heterocycles. The first kappa shape index (κ1) is 19.1. The predicted molar refractivity (Wildman–Crippen MR) is 103 cm³/mol. The van der Waals surface area contributed by atoms with E-state index in [0.717, 1.165) is 17.1 Å². The third-order valence-electron chi connectivity index (χ3n) is 5.52. The van der Waals surface area contributed by atoms with Crippen molar-refractivity contribution in [3.05, 3.63) is 35.2 Å². The number of fused-ring (bicyclic) bond motifs is 1. The molecule has 28 heavy (non-hydrogen) atoms. The molecule has 4 rings (SSSR count). The molecule has 8 nitrogen and oxygen atoms in total. The van der Waals surface area contributed by atoms with Crippen LogP contribution >= 0.6 is 0 Å². The molecule has 1 amide bonds. The molecule has 1 aliphatic heterocycles. The van der Waals surface area contributed by atoms with Gasteiger partial charge in [-0.1, -0.05) is 0 Å². The summed E-state index contributed by atoms with van der Waals surface area (Å²) in [4.78, 5) is 19.7. The van der Waals surface area contributed by atoms with Crippen LogP contribution in [0, 0.1) is 0 Å². The summed E-state index contributed by atoms with van der Waals surface area (Å²) in [6.45, 7) is 5.55. The lowest BCUT2D eigenvalue weighted by atomic mass is 9.99. The average molecular weight is 387 g/mol. The number of hydrogen-bond acceptors (Lipinski definition) is 5. The van der Waals surface area contributed by atoms with Gasteiger partial charge in [0.2, 0.25) is 0 Å². The predicted octanol–water partition coefficient (Wildman–Crippen LogP) is 2.36. The van der Waals surface area contributed by atoms with Gasteiger partial charge in [0.05, 0.1) is 37.6 Å². The van der Waals surface area contributed by atoms with E-state index in [9.17, 15) is 4.79 Å². The first-order valence-electron chi connectivity index (χ1n) is 10.0. The Morgan fingerprint density at radius 1 is 1.39 bits per heavy atom. The molecule has 1 saturated carbocycles. The highest BCUT2D eigenvalue weighted by molar-refractivity contribution is 5.94. The summed E-state index contributed by atoms with van der Waals surface area (Å²) in [5.74, 6) is 0.900. The van der Waals surface area contributed by atoms with E-state index < -0.39 is 0 Å². The summed E-state index contributed by atoms with van der Waals surface area (Å²) in [6.07, 6.45) is 6.84. The van der Waals surface area contributed by atoms with Gasteiger partial charge >= 0.3 is 0 Å². The maximum absolute atomic E-state index is 13.4. The van der Waals surface area contributed by atoms with E-state index in [2.05, 4.69) is 9.55 Å². The van der Waals surface area contributed by atoms with Crippen molar-refractivity contribution < 1.29 is 14.3 Å². The molecule has 0 N–H and O–H groups in total. The molecule has 0 unspecified atom stereocenters. The molecule has 2 aliphatic rings. The average Bonchev–Trinajstić information content (AvgIpc) is 3.29. The molecular weight excluding hydrogens is 358 g/mol. The van der Waals surface area contributed by atoms with Crippen LogP contribution in [0.5, 0.6) is 0 Å². The summed E-state index contributed by atoms with van der Waals surface area (Å²) < 4.78 is 15.1. The van der Waals surface area contributed by atoms with Crippen LogP contribution in [0.1, 0.15) is 66.4 Å². The topological polar surface area (TPSA) is 74.4 Å². The lowest BCUT2D eigenvalue weighted by Gasteiger charge is -2.25. The number of nitrogens with zero attached hydrogens (tertiary/aromatic N) is 5. The van der Waals surface area contributed by atoms with Gasteiger partial charge in [0.15, 0.2) is 0 Å². The van der Waals surface area contributed by atoms with Crippen LogP contribution in [0.4, 0.5) is 0 Å². The Kier molecular flexibility index (Phi) is 5.25. The fourth-order valence-electron chi connectivity index (χ4n) is 3.99. The normalized spacial score (nSPS) is 21.6. The molecule has 0 bridgehead atoms. The number of carbonyl (C=O) groups excluding carboxylic acids is 1. The highest BCUT2D eigenvalue weighted by Crippen LogP contribution is 2.36. The number of imidazole rings is 1. The number of amides is 1. The maximum atomic E-state index is 13.4. The van der Waals surface area contributed by atoms with E-state index in [1.165, 1.54) is 12.8 Å². The molecule has 8 heteroatoms. The highest BCUT2D eigenvalue weighted by atomic mass is 16.5. The van der Waals surface area contributed by atoms with E-state index in [-0.39, 0.29) is 18.1 Å². The van der Waals surface area contributed by atoms with E-state index in [4.69, 9.17) is 14.6 Å². The summed E-state index contributed by atoms with van der Waals surface area (Å²) in [7, 11) is 3.49. The second-order valence-electron chi connectivity index (χ2n) is 7.86. The van der Waals surface area contributed by atoms with E-state index in [0.29, 0.717) is 37.9 Å². The minimum atomic E-state index is -0.117. The van der Waals surface area contributed by atoms with Crippen molar-refractivity contribution in [3.8, 4) is 0 Å². The van der Waals surface area contributed by atoms with Crippen molar-refractivity contribution in [1.82, 2.24) is 24.2 Å². The number of aromatic nitrogens is 4. The van der Waals surface area contributed by atoms with Crippen LogP contribution < -0.4 is 0 Å². The molecular formula is C20H29N5O3. The zero-order valence-corrected chi connectivity index (χ0v) is 17.1. The molecule has 152 valence electrons. The van der Waals surface area contributed by atoms with Gasteiger partial charge in [-0.15, -0.1) is 0 Å². The van der Waals surface area contributed by atoms with Gasteiger partial charge in [-0.3, -0.25) is 9.48 Å². The van der Waals surface area contributed by atoms with E-state index in [1.807, 2.05) is 33.3 Å². The van der Waals surface area contributed by atoms with Gasteiger partial charge in [-0.25, -0.2) is 4.98 Å². The Labute approximate surface area is 165 Å². The first-order chi connectivity index (χ1) is 13.5. The lowest BCUT2D eigenvalue weighted by molar-refractivity contribution is -0.00720. The molecule has 1 fully saturated rings. The smallest absolute Gasteiger partial charge is 0.272 e. The van der Waals surface area contributed by atoms with Crippen molar-refractivity contribution in [2.45, 2.75) is 64.4 Å². The maximum Gasteiger partial charge on any atom is 0.272 e. The van der Waals surface area contributed by atoms with Crippen LogP contribution in [-0.2, 0) is 29.0 Å². The highest BCUT2D eigenvalue weighted by Gasteiger charge is 2.33. The Morgan fingerprint density at radius 2 is 2.18 bits per heavy atom. The molecule has 2 atom stereocenters. The lowest BCUT2D eigenvalue weighted by Crippen LogP contribution is -2.32. The van der Waals surface area contributed by atoms with Gasteiger partial charge in [-0.05, 0) is 26.7 Å². The van der Waals surface area contributed by atoms with Crippen LogP contribution in [0.15, 0.2) is 12.4 Å². The summed E-state index contributed by atoms with van der Waals surface area (Å²) in [5.41, 5.74) is 2.52. The monoisotopic (exact) mass is 387 g/mol. The van der Waals surface area contributed by atoms with Crippen LogP contribution in [0.3, 0.4) is 0 Å². The molecule has 0 radical (unpaired) electrons. The van der Waals surface area contributed by atoms with Gasteiger partial charge in [0.1, 0.15) is 11.5 Å². The Balaban J connectivity index is 1.62. The van der Waals surface area contributed by atoms with Crippen molar-refractivity contribution in [1.29, 1.82) is 0 Å². The largest absolute Gasteiger partial charge is 0.383 e. The second-order valence-corrected chi connectivity index (χ2v) is 7.86. The quantitative estimate of drug-likeness (QED) is 0.729. The molecule has 0 aromatic carbocycles. The van der Waals surface area contributed by atoms with E-state index in [1.54, 1.807) is 16.7 Å². The molecule has 3 heterocycles. The standard InChI is InChI=1S/C20H29N5O3/c1-13-11-16-18(14(2)28-13)22-25(9-10-27-4)19(16)20(26)23(3)12-17-21-7-8-24(17)15-5-6-15/h7-8,13-15H,5-6,9-12H2,1-4H3/t13-,14+/m0/s1. The number of rotatable bonds is 7. The van der Waals surface area contributed by atoms with Crippen LogP contribution in [0.2, 0.25) is 0 Å². The zero-order chi connectivity index (χ0) is 19.8. The van der Waals surface area contributed by atoms with Crippen molar-refractivity contribution in [2.75, 3.05) is 20.8 Å². The molecule has 0 spiro atoms. The third-order valence-corrected chi connectivity index (χ3v) is 5.52. The summed E-state index contributed by atoms with van der Waals surface area (Å²) >= 11 is 0. The Bertz CT molecular complexity index is 854. The summed E-state index contributed by atoms with van der Waals surface area (Å²) in [6, 6.07) is 0.542. The fraction of sp³-hybridized carbons (Fsp3) is 0.650. The SMILES string of the molecule is COCCn1nc2c(c1C(=O)N(C)Cc1nccn1C1CC1)C[C@H](C)O[C@@H]2C. The number of carbonyl (C=O) groups is 1. The molecule has 0 saturated heterocycles. The molecule has 2 aromatic rings. The Hall–Kier alpha value is -2.19. The molecule has 1 aliphatic carbocycles. The second kappa shape index (κ2) is 7.67. The number of methoxy groups -OCH3 is 1. The van der Waals surface area contributed by atoms with Crippen molar-refractivity contribution in [2.24, 2.45) is 0 Å². The Morgan fingerprint density at radius 3 is 2.89 bits per heavy atom. The summed E-state index contributed by atoms with van der Waals surface area (Å²) in [5, 5.41) is 4.70. The number of ether oxygens (including phenoxy) is 2. The minimum Gasteiger partial charge on any atom is -0.383 e. The van der Waals surface area contributed by atoms with Gasteiger partial charge < -0.3 is 18.9 Å². The minimum absolute atomic E-state index is 0.0310. The van der Waals surface area contributed by atoms with Crippen molar-refractivity contribution in [3.63, 3.8) is 0 Å². The van der Waals surface area contributed by atoms with Gasteiger partial charge in [0, 0.05) is 44.6 Å². The van der Waals surface area contributed by atoms with Crippen LogP contribution in [-0.4, -0.2) is 57.0 Å². The van der Waals surface area contributed by atoms with Crippen LogP contribution in [0.25, 0.3) is 0 Å². The van der Waals surface area contributed by atoms with E-state index >= 15 is 0 Å². The third kappa shape index (κ3) is 3.58. The zero-order valence-electron chi connectivity index (χ0n) is 17.1. The van der Waals surface area contributed by atoms with Gasteiger partial charge in [0.25, 0.3) is 5.91 Å². The first-order valence-corrected chi connectivity index (χ1v) is 10.0. The van der Waals surface area contributed by atoms with Gasteiger partial charge in [-0.2, -0.15) is 5.10 Å². The fourth-order valence-corrected chi connectivity index (χ4v) is 3.99.